The number of carboxylic acids is 1. The van der Waals surface area contributed by atoms with Crippen molar-refractivity contribution in [2.75, 3.05) is 23.9 Å². The number of hydrogen-bond acceptors (Lipinski definition) is 4. The van der Waals surface area contributed by atoms with E-state index >= 15 is 0 Å². The van der Waals surface area contributed by atoms with E-state index in [0.717, 1.165) is 11.3 Å². The second-order valence-corrected chi connectivity index (χ2v) is 7.54. The second-order valence-electron chi connectivity index (χ2n) is 7.54. The van der Waals surface area contributed by atoms with Crippen molar-refractivity contribution in [3.05, 3.63) is 89.5 Å². The summed E-state index contributed by atoms with van der Waals surface area (Å²) >= 11 is 0. The number of hydrogen-bond donors (Lipinski definition) is 2. The number of amides is 2. The Morgan fingerprint density at radius 1 is 1.03 bits per heavy atom. The molecule has 3 aromatic rings. The molecular formula is C25H22N2O5. The van der Waals surface area contributed by atoms with Crippen LogP contribution < -0.4 is 15.0 Å². The lowest BCUT2D eigenvalue weighted by Crippen LogP contribution is -2.24. The number of benzene rings is 3. The zero-order valence-corrected chi connectivity index (χ0v) is 17.4. The van der Waals surface area contributed by atoms with E-state index in [9.17, 15) is 19.5 Å². The minimum atomic E-state index is -1.06. The monoisotopic (exact) mass is 430 g/mol. The van der Waals surface area contributed by atoms with Crippen LogP contribution in [0, 0.1) is 0 Å². The lowest BCUT2D eigenvalue weighted by Gasteiger charge is -2.18. The molecule has 2 N–H and O–H groups in total. The third-order valence-electron chi connectivity index (χ3n) is 5.53. The van der Waals surface area contributed by atoms with Gasteiger partial charge in [0.2, 0.25) is 5.91 Å². The molecule has 0 bridgehead atoms. The van der Waals surface area contributed by atoms with E-state index in [2.05, 4.69) is 5.32 Å². The van der Waals surface area contributed by atoms with Crippen molar-refractivity contribution < 1.29 is 24.2 Å². The summed E-state index contributed by atoms with van der Waals surface area (Å²) in [5.74, 6) is -1.07. The van der Waals surface area contributed by atoms with Crippen molar-refractivity contribution >= 4 is 29.2 Å². The number of ether oxygens (including phenoxy) is 1. The molecule has 4 rings (SSSR count). The van der Waals surface area contributed by atoms with Gasteiger partial charge in [-0.05, 0) is 54.1 Å². The highest BCUT2D eigenvalue weighted by molar-refractivity contribution is 6.04. The first kappa shape index (κ1) is 21.1. The van der Waals surface area contributed by atoms with Crippen LogP contribution in [0.4, 0.5) is 11.4 Å². The molecule has 0 saturated carbocycles. The molecule has 0 aromatic heterocycles. The van der Waals surface area contributed by atoms with Gasteiger partial charge >= 0.3 is 5.97 Å². The van der Waals surface area contributed by atoms with E-state index in [1.54, 1.807) is 65.6 Å². The van der Waals surface area contributed by atoms with E-state index in [0.29, 0.717) is 24.2 Å². The fourth-order valence-corrected chi connectivity index (χ4v) is 3.84. The number of carbonyl (C=O) groups excluding carboxylic acids is 2. The second kappa shape index (κ2) is 8.93. The van der Waals surface area contributed by atoms with E-state index < -0.39 is 5.97 Å². The fraction of sp³-hybridized carbons (Fsp3) is 0.160. The van der Waals surface area contributed by atoms with Crippen molar-refractivity contribution in [3.63, 3.8) is 0 Å². The molecule has 7 nitrogen and oxygen atoms in total. The van der Waals surface area contributed by atoms with Gasteiger partial charge in [0.15, 0.2) is 0 Å². The average molecular weight is 430 g/mol. The van der Waals surface area contributed by atoms with Gasteiger partial charge in [0.1, 0.15) is 11.3 Å². The number of carbonyl (C=O) groups is 3. The number of rotatable bonds is 6. The van der Waals surface area contributed by atoms with E-state index in [-0.39, 0.29) is 29.0 Å². The molecule has 1 fully saturated rings. The maximum Gasteiger partial charge on any atom is 0.339 e. The van der Waals surface area contributed by atoms with Crippen LogP contribution >= 0.6 is 0 Å². The van der Waals surface area contributed by atoms with E-state index in [1.165, 1.54) is 13.2 Å². The van der Waals surface area contributed by atoms with Crippen LogP contribution in [0.5, 0.6) is 5.75 Å². The maximum atomic E-state index is 12.7. The van der Waals surface area contributed by atoms with Crippen LogP contribution in [0.15, 0.2) is 72.8 Å². The van der Waals surface area contributed by atoms with Gasteiger partial charge in [-0.1, -0.05) is 24.3 Å². The number of anilines is 2. The molecule has 1 unspecified atom stereocenters. The number of nitrogens with zero attached hydrogens (tertiary/aromatic N) is 1. The molecule has 162 valence electrons. The molecule has 0 aliphatic carbocycles. The summed E-state index contributed by atoms with van der Waals surface area (Å²) in [4.78, 5) is 38.0. The number of methoxy groups -OCH3 is 1. The zero-order valence-electron chi connectivity index (χ0n) is 17.4. The van der Waals surface area contributed by atoms with Gasteiger partial charge in [0.25, 0.3) is 5.91 Å². The Kier molecular flexibility index (Phi) is 5.89. The fourth-order valence-electron chi connectivity index (χ4n) is 3.84. The van der Waals surface area contributed by atoms with Gasteiger partial charge in [-0.25, -0.2) is 4.79 Å². The van der Waals surface area contributed by atoms with Crippen LogP contribution in [0.3, 0.4) is 0 Å². The first-order valence-electron chi connectivity index (χ1n) is 10.1. The first-order valence-corrected chi connectivity index (χ1v) is 10.1. The molecule has 2 amide bonds. The Bertz CT molecular complexity index is 1160. The van der Waals surface area contributed by atoms with Crippen LogP contribution in [-0.4, -0.2) is 36.5 Å². The lowest BCUT2D eigenvalue weighted by atomic mass is 9.96. The smallest absolute Gasteiger partial charge is 0.339 e. The minimum Gasteiger partial charge on any atom is -0.496 e. The van der Waals surface area contributed by atoms with Crippen molar-refractivity contribution in [1.82, 2.24) is 0 Å². The maximum absolute atomic E-state index is 12.7. The summed E-state index contributed by atoms with van der Waals surface area (Å²) in [7, 11) is 1.43. The van der Waals surface area contributed by atoms with Crippen molar-refractivity contribution in [1.29, 1.82) is 0 Å². The third-order valence-corrected chi connectivity index (χ3v) is 5.53. The molecule has 7 heteroatoms. The first-order chi connectivity index (χ1) is 15.5. The summed E-state index contributed by atoms with van der Waals surface area (Å²) in [5.41, 5.74) is 2.89. The van der Waals surface area contributed by atoms with Gasteiger partial charge in [0, 0.05) is 35.8 Å². The highest BCUT2D eigenvalue weighted by Crippen LogP contribution is 2.34. The summed E-state index contributed by atoms with van der Waals surface area (Å²) in [5, 5.41) is 12.1. The average Bonchev–Trinajstić information content (AvgIpc) is 3.21. The molecule has 1 aliphatic rings. The SMILES string of the molecule is COc1cc(C2CC(=O)N(c3ccc(NC(=O)c4ccccc4)cc3)C2)ccc1C(=O)O. The quantitative estimate of drug-likeness (QED) is 0.612. The standard InChI is InChI=1S/C25H22N2O5/c1-32-22-13-17(7-12-21(22)25(30)31)18-14-23(28)27(15-18)20-10-8-19(9-11-20)26-24(29)16-5-3-2-4-6-16/h2-13,18H,14-15H2,1H3,(H,26,29)(H,30,31). The Hall–Kier alpha value is -4.13. The van der Waals surface area contributed by atoms with Crippen LogP contribution in [0.1, 0.15) is 38.6 Å². The van der Waals surface area contributed by atoms with Crippen molar-refractivity contribution in [3.8, 4) is 5.75 Å². The molecule has 0 spiro atoms. The van der Waals surface area contributed by atoms with Gasteiger partial charge in [-0.2, -0.15) is 0 Å². The highest BCUT2D eigenvalue weighted by Gasteiger charge is 2.32. The van der Waals surface area contributed by atoms with Gasteiger partial charge in [0.05, 0.1) is 7.11 Å². The Morgan fingerprint density at radius 2 is 1.75 bits per heavy atom. The van der Waals surface area contributed by atoms with Crippen LogP contribution in [0.25, 0.3) is 0 Å². The highest BCUT2D eigenvalue weighted by atomic mass is 16.5. The van der Waals surface area contributed by atoms with Gasteiger partial charge < -0.3 is 20.1 Å². The topological polar surface area (TPSA) is 95.9 Å². The molecule has 1 heterocycles. The molecule has 32 heavy (non-hydrogen) atoms. The number of carboxylic acid groups (broad SMARTS) is 1. The Labute approximate surface area is 185 Å². The normalized spacial score (nSPS) is 15.5. The van der Waals surface area contributed by atoms with Crippen molar-refractivity contribution in [2.24, 2.45) is 0 Å². The minimum absolute atomic E-state index is 0.0163. The van der Waals surface area contributed by atoms with Crippen molar-refractivity contribution in [2.45, 2.75) is 12.3 Å². The predicted octanol–water partition coefficient (Wildman–Crippen LogP) is 4.17. The van der Waals surface area contributed by atoms with Crippen LogP contribution in [-0.2, 0) is 4.79 Å². The van der Waals surface area contributed by atoms with Crippen LogP contribution in [0.2, 0.25) is 0 Å². The van der Waals surface area contributed by atoms with Gasteiger partial charge in [-0.15, -0.1) is 0 Å². The van der Waals surface area contributed by atoms with E-state index in [1.807, 2.05) is 6.07 Å². The largest absolute Gasteiger partial charge is 0.496 e. The Balaban J connectivity index is 1.46. The summed E-state index contributed by atoms with van der Waals surface area (Å²) in [6, 6.07) is 21.0. The molecule has 1 atom stereocenters. The van der Waals surface area contributed by atoms with E-state index in [4.69, 9.17) is 4.74 Å². The van der Waals surface area contributed by atoms with Gasteiger partial charge in [-0.3, -0.25) is 9.59 Å². The number of nitrogens with one attached hydrogen (secondary N) is 1. The predicted molar refractivity (Wildman–Crippen MR) is 121 cm³/mol. The summed E-state index contributed by atoms with van der Waals surface area (Å²) in [6.45, 7) is 0.476. The lowest BCUT2D eigenvalue weighted by molar-refractivity contribution is -0.117. The molecule has 1 aliphatic heterocycles. The molecule has 1 saturated heterocycles. The molecule has 0 radical (unpaired) electrons. The summed E-state index contributed by atoms with van der Waals surface area (Å²) < 4.78 is 5.21. The third kappa shape index (κ3) is 4.32. The molecular weight excluding hydrogens is 408 g/mol. The Morgan fingerprint density at radius 3 is 2.41 bits per heavy atom. The molecule has 3 aromatic carbocycles. The number of aromatic carboxylic acids is 1. The zero-order chi connectivity index (χ0) is 22.7. The summed E-state index contributed by atoms with van der Waals surface area (Å²) in [6.07, 6.45) is 0.321.